The Labute approximate surface area is 216 Å². The Morgan fingerprint density at radius 1 is 0.974 bits per heavy atom. The van der Waals surface area contributed by atoms with Crippen molar-refractivity contribution >= 4 is 12.0 Å². The van der Waals surface area contributed by atoms with Gasteiger partial charge in [0.25, 0.3) is 0 Å². The van der Waals surface area contributed by atoms with Gasteiger partial charge in [-0.05, 0) is 23.8 Å². The highest BCUT2D eigenvalue weighted by Crippen LogP contribution is 2.38. The van der Waals surface area contributed by atoms with Crippen molar-refractivity contribution < 1.29 is 74.1 Å². The van der Waals surface area contributed by atoms with Gasteiger partial charge in [-0.15, -0.1) is 0 Å². The second-order valence-corrected chi connectivity index (χ2v) is 8.61. The lowest BCUT2D eigenvalue weighted by molar-refractivity contribution is -0.383. The molecule has 2 saturated heterocycles. The van der Waals surface area contributed by atoms with E-state index >= 15 is 0 Å². The molecule has 3 rings (SSSR count). The van der Waals surface area contributed by atoms with Crippen LogP contribution >= 0.6 is 0 Å². The smallest absolute Gasteiger partial charge is 0.330 e. The number of benzene rings is 1. The Hall–Kier alpha value is -2.57. The largest absolute Gasteiger partial charge is 0.502 e. The summed E-state index contributed by atoms with van der Waals surface area (Å²) in [5.74, 6) is -3.25. The van der Waals surface area contributed by atoms with E-state index in [9.17, 15) is 45.6 Å². The van der Waals surface area contributed by atoms with E-state index in [-0.39, 0.29) is 17.2 Å². The highest BCUT2D eigenvalue weighted by molar-refractivity contribution is 5.87. The van der Waals surface area contributed by atoms with Crippen LogP contribution in [0.15, 0.2) is 18.2 Å². The molecule has 0 aromatic heterocycles. The molecule has 2 aliphatic heterocycles. The average molecular weight is 548 g/mol. The first-order valence-corrected chi connectivity index (χ1v) is 11.4. The number of aliphatic hydroxyl groups is 7. The van der Waals surface area contributed by atoms with Crippen LogP contribution in [0.25, 0.3) is 6.08 Å². The molecule has 0 spiro atoms. The number of hydrogen-bond acceptors (Lipinski definition) is 15. The van der Waals surface area contributed by atoms with E-state index in [2.05, 4.69) is 0 Å². The first-order chi connectivity index (χ1) is 18.0. The lowest BCUT2D eigenvalue weighted by Crippen LogP contribution is -2.62. The number of rotatable bonds is 10. The molecule has 0 radical (unpaired) electrons. The van der Waals surface area contributed by atoms with Crippen molar-refractivity contribution in [1.29, 1.82) is 0 Å². The van der Waals surface area contributed by atoms with Crippen molar-refractivity contribution in [2.75, 3.05) is 34.0 Å². The summed E-state index contributed by atoms with van der Waals surface area (Å²) in [6.07, 6.45) is -11.2. The van der Waals surface area contributed by atoms with Crippen molar-refractivity contribution in [1.82, 2.24) is 0 Å². The lowest BCUT2D eigenvalue weighted by atomic mass is 9.99. The van der Waals surface area contributed by atoms with E-state index < -0.39 is 80.6 Å². The number of aliphatic hydroxyl groups excluding tert-OH is 7. The number of methoxy groups -OCH3 is 2. The van der Waals surface area contributed by atoms with Crippen LogP contribution in [0.3, 0.4) is 0 Å². The summed E-state index contributed by atoms with van der Waals surface area (Å²) in [5.41, 5.74) is 0.419. The van der Waals surface area contributed by atoms with Crippen LogP contribution in [-0.4, -0.2) is 136 Å². The molecule has 2 fully saturated rings. The van der Waals surface area contributed by atoms with Crippen molar-refractivity contribution in [3.05, 3.63) is 23.8 Å². The van der Waals surface area contributed by atoms with Gasteiger partial charge >= 0.3 is 5.97 Å². The zero-order valence-electron chi connectivity index (χ0n) is 20.5. The number of carbonyl (C=O) groups excluding carboxylic acids is 1. The van der Waals surface area contributed by atoms with E-state index in [0.717, 1.165) is 6.08 Å². The summed E-state index contributed by atoms with van der Waals surface area (Å²) in [7, 11) is 2.67. The summed E-state index contributed by atoms with van der Waals surface area (Å²) in [4.78, 5) is 12.3. The maximum absolute atomic E-state index is 12.3. The molecule has 0 saturated carbocycles. The third-order valence-corrected chi connectivity index (χ3v) is 6.19. The Morgan fingerprint density at radius 3 is 2.13 bits per heavy atom. The fraction of sp³-hybridized carbons (Fsp3) is 0.609. The van der Waals surface area contributed by atoms with Crippen LogP contribution in [0.1, 0.15) is 5.56 Å². The van der Waals surface area contributed by atoms with Crippen LogP contribution < -0.4 is 9.47 Å². The third-order valence-electron chi connectivity index (χ3n) is 6.19. The number of hydrogen-bond donors (Lipinski definition) is 8. The van der Waals surface area contributed by atoms with Crippen LogP contribution in [0.5, 0.6) is 17.2 Å². The number of phenols is 1. The molecule has 0 aliphatic carbocycles. The third kappa shape index (κ3) is 6.02. The molecule has 8 N–H and O–H groups in total. The molecule has 15 heteroatoms. The summed E-state index contributed by atoms with van der Waals surface area (Å²) in [6.45, 7) is -2.38. The van der Waals surface area contributed by atoms with Crippen LogP contribution in [0.2, 0.25) is 0 Å². The molecular weight excluding hydrogens is 516 g/mol. The van der Waals surface area contributed by atoms with Gasteiger partial charge in [0.1, 0.15) is 55.9 Å². The van der Waals surface area contributed by atoms with Gasteiger partial charge in [0.15, 0.2) is 17.8 Å². The van der Waals surface area contributed by atoms with Gasteiger partial charge in [0, 0.05) is 6.08 Å². The van der Waals surface area contributed by atoms with Gasteiger partial charge in [0.2, 0.25) is 11.5 Å². The zero-order chi connectivity index (χ0) is 28.2. The van der Waals surface area contributed by atoms with Gasteiger partial charge < -0.3 is 69.3 Å². The minimum Gasteiger partial charge on any atom is -0.502 e. The highest BCUT2D eigenvalue weighted by atomic mass is 16.8. The molecule has 1 aromatic rings. The van der Waals surface area contributed by atoms with Crippen molar-refractivity contribution in [3.8, 4) is 17.2 Å². The number of carbonyl (C=O) groups is 1. The monoisotopic (exact) mass is 548 g/mol. The minimum absolute atomic E-state index is 0.101. The molecule has 38 heavy (non-hydrogen) atoms. The molecule has 2 aliphatic rings. The predicted octanol–water partition coefficient (Wildman–Crippen LogP) is -3.41. The standard InChI is InChI=1S/C23H32O15/c1-33-11-5-10(6-12(34-2)16(11)27)3-4-15(26)35-8-14-17(28)19(30)20(31)22(36-14)38-23(9-25)21(32)18(29)13(7-24)37-23/h3-6,13-14,17-22,24-25,27-32H,7-9H2,1-2H3. The number of esters is 1. The maximum atomic E-state index is 12.3. The normalized spacial score (nSPS) is 35.4. The van der Waals surface area contributed by atoms with Gasteiger partial charge in [-0.3, -0.25) is 0 Å². The Morgan fingerprint density at radius 2 is 1.61 bits per heavy atom. The van der Waals surface area contributed by atoms with Crippen LogP contribution in [0.4, 0.5) is 0 Å². The Kier molecular flexibility index (Phi) is 9.88. The molecule has 9 atom stereocenters. The highest BCUT2D eigenvalue weighted by Gasteiger charge is 2.58. The molecule has 15 nitrogen and oxygen atoms in total. The van der Waals surface area contributed by atoms with Crippen molar-refractivity contribution in [2.24, 2.45) is 0 Å². The van der Waals surface area contributed by atoms with E-state index in [4.69, 9.17) is 28.4 Å². The fourth-order valence-electron chi connectivity index (χ4n) is 4.00. The van der Waals surface area contributed by atoms with E-state index in [1.807, 2.05) is 0 Å². The molecular formula is C23H32O15. The number of aromatic hydroxyl groups is 1. The minimum atomic E-state index is -2.34. The van der Waals surface area contributed by atoms with Crippen LogP contribution in [0, 0.1) is 0 Å². The Balaban J connectivity index is 1.66. The topological polar surface area (TPSA) is 234 Å². The van der Waals surface area contributed by atoms with E-state index in [0.29, 0.717) is 5.56 Å². The predicted molar refractivity (Wildman–Crippen MR) is 123 cm³/mol. The molecule has 9 unspecified atom stereocenters. The van der Waals surface area contributed by atoms with E-state index in [1.165, 1.54) is 32.4 Å². The SMILES string of the molecule is COc1cc(C=CC(=O)OCC2OC(OC3(CO)OC(CO)C(O)C3O)C(O)C(O)C2O)cc(OC)c1O. The summed E-state index contributed by atoms with van der Waals surface area (Å²) >= 11 is 0. The zero-order valence-corrected chi connectivity index (χ0v) is 20.5. The molecule has 0 bridgehead atoms. The average Bonchev–Trinajstić information content (AvgIpc) is 3.16. The van der Waals surface area contributed by atoms with Crippen molar-refractivity contribution in [3.63, 3.8) is 0 Å². The van der Waals surface area contributed by atoms with Gasteiger partial charge in [0.05, 0.1) is 20.8 Å². The quantitative estimate of drug-likeness (QED) is 0.105. The number of ether oxygens (including phenoxy) is 6. The molecule has 2 heterocycles. The van der Waals surface area contributed by atoms with Crippen LogP contribution in [-0.2, 0) is 23.7 Å². The lowest BCUT2D eigenvalue weighted by Gasteiger charge is -2.43. The first kappa shape index (κ1) is 30.0. The summed E-state index contributed by atoms with van der Waals surface area (Å²) < 4.78 is 31.2. The first-order valence-electron chi connectivity index (χ1n) is 11.4. The fourth-order valence-corrected chi connectivity index (χ4v) is 4.00. The molecule has 214 valence electrons. The molecule has 1 aromatic carbocycles. The second-order valence-electron chi connectivity index (χ2n) is 8.61. The van der Waals surface area contributed by atoms with Crippen molar-refractivity contribution in [2.45, 2.75) is 54.8 Å². The van der Waals surface area contributed by atoms with Gasteiger partial charge in [-0.25, -0.2) is 4.79 Å². The van der Waals surface area contributed by atoms with Gasteiger partial charge in [-0.1, -0.05) is 0 Å². The molecule has 0 amide bonds. The van der Waals surface area contributed by atoms with E-state index in [1.54, 1.807) is 0 Å². The summed E-state index contributed by atoms with van der Waals surface area (Å²) in [6, 6.07) is 2.87. The maximum Gasteiger partial charge on any atom is 0.330 e. The van der Waals surface area contributed by atoms with Gasteiger partial charge in [-0.2, -0.15) is 0 Å². The summed E-state index contributed by atoms with van der Waals surface area (Å²) in [5, 5.41) is 80.2. The second kappa shape index (κ2) is 12.5. The number of phenolic OH excluding ortho intramolecular Hbond substituents is 1. The Bertz CT molecular complexity index is 961.